The van der Waals surface area contributed by atoms with Gasteiger partial charge < -0.3 is 10.2 Å². The van der Waals surface area contributed by atoms with Gasteiger partial charge in [-0.1, -0.05) is 19.3 Å². The Kier molecular flexibility index (Phi) is 5.10. The molecular formula is C14H27NO4S. The molecule has 0 bridgehead atoms. The van der Waals surface area contributed by atoms with Gasteiger partial charge in [0.15, 0.2) is 0 Å². The van der Waals surface area contributed by atoms with Crippen molar-refractivity contribution >= 4 is 10.0 Å². The van der Waals surface area contributed by atoms with Crippen LogP contribution in [0.4, 0.5) is 0 Å². The third-order valence-corrected chi connectivity index (χ3v) is 6.12. The summed E-state index contributed by atoms with van der Waals surface area (Å²) in [5, 5.41) is 20.9. The summed E-state index contributed by atoms with van der Waals surface area (Å²) in [6, 6.07) is 0. The molecule has 2 fully saturated rings. The number of aliphatic hydroxyl groups excluding tert-OH is 1. The highest BCUT2D eigenvalue weighted by atomic mass is 32.2. The molecule has 2 aliphatic rings. The van der Waals surface area contributed by atoms with Crippen LogP contribution in [0.25, 0.3) is 0 Å². The maximum atomic E-state index is 11.6. The molecule has 5 nitrogen and oxygen atoms in total. The monoisotopic (exact) mass is 305 g/mol. The third kappa shape index (κ3) is 3.93. The van der Waals surface area contributed by atoms with E-state index < -0.39 is 21.7 Å². The van der Waals surface area contributed by atoms with Gasteiger partial charge in [0.1, 0.15) is 0 Å². The molecular weight excluding hydrogens is 278 g/mol. The predicted molar refractivity (Wildman–Crippen MR) is 77.8 cm³/mol. The van der Waals surface area contributed by atoms with E-state index in [0.717, 1.165) is 32.1 Å². The molecule has 2 N–H and O–H groups in total. The molecule has 20 heavy (non-hydrogen) atoms. The van der Waals surface area contributed by atoms with Crippen molar-refractivity contribution in [1.82, 2.24) is 4.31 Å². The quantitative estimate of drug-likeness (QED) is 0.815. The van der Waals surface area contributed by atoms with Crippen LogP contribution in [0.15, 0.2) is 0 Å². The van der Waals surface area contributed by atoms with Gasteiger partial charge in [0, 0.05) is 13.1 Å². The molecule has 2 atom stereocenters. The minimum absolute atomic E-state index is 0.152. The van der Waals surface area contributed by atoms with Crippen molar-refractivity contribution in [1.29, 1.82) is 0 Å². The van der Waals surface area contributed by atoms with Crippen molar-refractivity contribution in [2.75, 3.05) is 19.3 Å². The number of rotatable bonds is 4. The van der Waals surface area contributed by atoms with E-state index in [4.69, 9.17) is 0 Å². The van der Waals surface area contributed by atoms with Crippen molar-refractivity contribution in [3.8, 4) is 0 Å². The van der Waals surface area contributed by atoms with Gasteiger partial charge >= 0.3 is 0 Å². The highest BCUT2D eigenvalue weighted by molar-refractivity contribution is 7.88. The molecule has 0 amide bonds. The summed E-state index contributed by atoms with van der Waals surface area (Å²) in [6.07, 6.45) is 7.16. The standard InChI is InChI=1S/C14H27NO4S/c1-20(18,19)15-9-5-6-12(11-15)10-13(16)14(17)7-3-2-4-8-14/h12-13,16-17H,2-11H2,1H3. The zero-order chi connectivity index (χ0) is 14.8. The van der Waals surface area contributed by atoms with E-state index in [-0.39, 0.29) is 5.92 Å². The van der Waals surface area contributed by atoms with Gasteiger partial charge in [-0.05, 0) is 38.0 Å². The van der Waals surface area contributed by atoms with Crippen LogP contribution in [0.3, 0.4) is 0 Å². The average molecular weight is 305 g/mol. The Morgan fingerprint density at radius 3 is 2.50 bits per heavy atom. The van der Waals surface area contributed by atoms with Crippen molar-refractivity contribution in [3.05, 3.63) is 0 Å². The lowest BCUT2D eigenvalue weighted by atomic mass is 9.77. The van der Waals surface area contributed by atoms with Crippen LogP contribution in [0.1, 0.15) is 51.4 Å². The van der Waals surface area contributed by atoms with Crippen LogP contribution < -0.4 is 0 Å². The van der Waals surface area contributed by atoms with Crippen molar-refractivity contribution in [3.63, 3.8) is 0 Å². The fourth-order valence-corrected chi connectivity index (χ4v) is 4.50. The van der Waals surface area contributed by atoms with Crippen LogP contribution >= 0.6 is 0 Å². The van der Waals surface area contributed by atoms with Crippen molar-refractivity contribution in [2.45, 2.75) is 63.1 Å². The van der Waals surface area contributed by atoms with Crippen LogP contribution in [-0.2, 0) is 10.0 Å². The highest BCUT2D eigenvalue weighted by Crippen LogP contribution is 2.34. The van der Waals surface area contributed by atoms with Crippen LogP contribution in [0.5, 0.6) is 0 Å². The number of aliphatic hydroxyl groups is 2. The smallest absolute Gasteiger partial charge is 0.211 e. The van der Waals surface area contributed by atoms with E-state index in [2.05, 4.69) is 0 Å². The van der Waals surface area contributed by atoms with Gasteiger partial charge in [0.2, 0.25) is 10.0 Å². The maximum Gasteiger partial charge on any atom is 0.211 e. The zero-order valence-corrected chi connectivity index (χ0v) is 13.1. The molecule has 2 unspecified atom stereocenters. The maximum absolute atomic E-state index is 11.6. The summed E-state index contributed by atoms with van der Waals surface area (Å²) >= 11 is 0. The highest BCUT2D eigenvalue weighted by Gasteiger charge is 2.38. The molecule has 1 heterocycles. The Bertz CT molecular complexity index is 417. The van der Waals surface area contributed by atoms with Crippen LogP contribution in [-0.4, -0.2) is 54.0 Å². The first-order chi connectivity index (χ1) is 9.31. The number of sulfonamides is 1. The van der Waals surface area contributed by atoms with Crippen LogP contribution in [0, 0.1) is 5.92 Å². The van der Waals surface area contributed by atoms with E-state index in [9.17, 15) is 18.6 Å². The van der Waals surface area contributed by atoms with Gasteiger partial charge in [-0.15, -0.1) is 0 Å². The van der Waals surface area contributed by atoms with E-state index in [1.165, 1.54) is 10.6 Å². The molecule has 1 saturated carbocycles. The van der Waals surface area contributed by atoms with Gasteiger partial charge in [-0.2, -0.15) is 0 Å². The Morgan fingerprint density at radius 2 is 1.90 bits per heavy atom. The zero-order valence-electron chi connectivity index (χ0n) is 12.3. The van der Waals surface area contributed by atoms with Crippen molar-refractivity contribution < 1.29 is 18.6 Å². The summed E-state index contributed by atoms with van der Waals surface area (Å²) in [5.41, 5.74) is -0.953. The summed E-state index contributed by atoms with van der Waals surface area (Å²) in [4.78, 5) is 0. The van der Waals surface area contributed by atoms with Gasteiger partial charge in [0.25, 0.3) is 0 Å². The SMILES string of the molecule is CS(=O)(=O)N1CCCC(CC(O)C2(O)CCCCC2)C1. The van der Waals surface area contributed by atoms with E-state index >= 15 is 0 Å². The largest absolute Gasteiger partial charge is 0.390 e. The summed E-state index contributed by atoms with van der Waals surface area (Å²) in [7, 11) is -3.15. The molecule has 0 spiro atoms. The number of nitrogens with zero attached hydrogens (tertiary/aromatic N) is 1. The van der Waals surface area contributed by atoms with E-state index in [0.29, 0.717) is 32.4 Å². The molecule has 6 heteroatoms. The topological polar surface area (TPSA) is 77.8 Å². The van der Waals surface area contributed by atoms with Gasteiger partial charge in [0.05, 0.1) is 18.0 Å². The molecule has 0 aromatic carbocycles. The van der Waals surface area contributed by atoms with E-state index in [1.807, 2.05) is 0 Å². The minimum Gasteiger partial charge on any atom is -0.390 e. The molecule has 0 aromatic heterocycles. The molecule has 118 valence electrons. The molecule has 0 aromatic rings. The normalized spacial score (nSPS) is 30.1. The number of hydrogen-bond acceptors (Lipinski definition) is 4. The van der Waals surface area contributed by atoms with E-state index in [1.54, 1.807) is 0 Å². The first-order valence-corrected chi connectivity index (χ1v) is 9.52. The lowest BCUT2D eigenvalue weighted by Crippen LogP contribution is -2.47. The molecule has 1 aliphatic heterocycles. The molecule has 2 rings (SSSR count). The van der Waals surface area contributed by atoms with Gasteiger partial charge in [-0.3, -0.25) is 0 Å². The second-order valence-corrected chi connectivity index (χ2v) is 8.53. The third-order valence-electron chi connectivity index (χ3n) is 4.85. The van der Waals surface area contributed by atoms with Crippen LogP contribution in [0.2, 0.25) is 0 Å². The number of piperidine rings is 1. The molecule has 1 aliphatic carbocycles. The Balaban J connectivity index is 1.92. The summed E-state index contributed by atoms with van der Waals surface area (Å²) in [5.74, 6) is 0.152. The summed E-state index contributed by atoms with van der Waals surface area (Å²) < 4.78 is 24.7. The first kappa shape index (κ1) is 16.2. The predicted octanol–water partition coefficient (Wildman–Crippen LogP) is 1.10. The Hall–Kier alpha value is -0.170. The Morgan fingerprint density at radius 1 is 1.25 bits per heavy atom. The van der Waals surface area contributed by atoms with Crippen molar-refractivity contribution in [2.24, 2.45) is 5.92 Å². The lowest BCUT2D eigenvalue weighted by Gasteiger charge is -2.39. The average Bonchev–Trinajstić information content (AvgIpc) is 2.39. The fraction of sp³-hybridized carbons (Fsp3) is 1.00. The lowest BCUT2D eigenvalue weighted by molar-refractivity contribution is -0.106. The second kappa shape index (κ2) is 6.30. The minimum atomic E-state index is -3.15. The summed E-state index contributed by atoms with van der Waals surface area (Å²) in [6.45, 7) is 1.06. The number of hydrogen-bond donors (Lipinski definition) is 2. The second-order valence-electron chi connectivity index (χ2n) is 6.54. The first-order valence-electron chi connectivity index (χ1n) is 7.67. The fourth-order valence-electron chi connectivity index (χ4n) is 3.55. The Labute approximate surface area is 122 Å². The van der Waals surface area contributed by atoms with Gasteiger partial charge in [-0.25, -0.2) is 12.7 Å². The molecule has 1 saturated heterocycles. The molecule has 0 radical (unpaired) electrons.